The fraction of sp³-hybridized carbons (Fsp3) is 0.182. The van der Waals surface area contributed by atoms with Gasteiger partial charge in [0.15, 0.2) is 0 Å². The zero-order chi connectivity index (χ0) is 12.1. The van der Waals surface area contributed by atoms with Crippen LogP contribution < -0.4 is 0 Å². The molecule has 2 rings (SSSR count). The number of nitro groups is 1. The molecule has 1 aromatic heterocycles. The summed E-state index contributed by atoms with van der Waals surface area (Å²) in [4.78, 5) is 18.3. The Morgan fingerprint density at radius 1 is 1.35 bits per heavy atom. The Morgan fingerprint density at radius 2 is 2.12 bits per heavy atom. The fourth-order valence-electron chi connectivity index (χ4n) is 1.36. The molecular weight excluding hydrogens is 238 g/mol. The number of aryl methyl sites for hydroxylation is 1. The average Bonchev–Trinajstić information content (AvgIpc) is 2.83. The topological polar surface area (TPSA) is 71.8 Å². The van der Waals surface area contributed by atoms with Crippen LogP contribution in [0.15, 0.2) is 41.6 Å². The Kier molecular flexibility index (Phi) is 3.77. The summed E-state index contributed by atoms with van der Waals surface area (Å²) in [6.07, 6.45) is 4.38. The van der Waals surface area contributed by atoms with Crippen LogP contribution in [0.4, 0.5) is 5.69 Å². The van der Waals surface area contributed by atoms with Crippen molar-refractivity contribution in [2.24, 2.45) is 0 Å². The van der Waals surface area contributed by atoms with Crippen molar-refractivity contribution in [3.8, 4) is 0 Å². The van der Waals surface area contributed by atoms with Crippen LogP contribution in [0.25, 0.3) is 0 Å². The van der Waals surface area contributed by atoms with Crippen molar-refractivity contribution >= 4 is 17.4 Å². The Labute approximate surface area is 102 Å². The van der Waals surface area contributed by atoms with Crippen molar-refractivity contribution < 1.29 is 4.92 Å². The van der Waals surface area contributed by atoms with Crippen molar-refractivity contribution in [1.29, 1.82) is 0 Å². The van der Waals surface area contributed by atoms with Gasteiger partial charge in [0.05, 0.1) is 4.92 Å². The number of nitrogens with zero attached hydrogens (tertiary/aromatic N) is 2. The number of hydrogen-bond acceptors (Lipinski definition) is 4. The highest BCUT2D eigenvalue weighted by Crippen LogP contribution is 2.21. The van der Waals surface area contributed by atoms with Gasteiger partial charge in [-0.1, -0.05) is 0 Å². The lowest BCUT2D eigenvalue weighted by Gasteiger charge is -1.99. The molecule has 0 bridgehead atoms. The van der Waals surface area contributed by atoms with E-state index in [0.717, 1.165) is 22.9 Å². The molecule has 88 valence electrons. The second-order valence-electron chi connectivity index (χ2n) is 3.39. The van der Waals surface area contributed by atoms with Crippen LogP contribution in [0.1, 0.15) is 5.82 Å². The molecule has 17 heavy (non-hydrogen) atoms. The molecule has 0 saturated heterocycles. The molecule has 0 aliphatic heterocycles. The van der Waals surface area contributed by atoms with Gasteiger partial charge < -0.3 is 4.98 Å². The van der Waals surface area contributed by atoms with Crippen molar-refractivity contribution in [1.82, 2.24) is 9.97 Å². The van der Waals surface area contributed by atoms with E-state index in [2.05, 4.69) is 9.97 Å². The summed E-state index contributed by atoms with van der Waals surface area (Å²) >= 11 is 1.66. The van der Waals surface area contributed by atoms with E-state index < -0.39 is 4.92 Å². The number of aromatic nitrogens is 2. The first-order valence-corrected chi connectivity index (χ1v) is 6.10. The van der Waals surface area contributed by atoms with Crippen LogP contribution in [0, 0.1) is 10.1 Å². The quantitative estimate of drug-likeness (QED) is 0.502. The van der Waals surface area contributed by atoms with Gasteiger partial charge in [0, 0.05) is 41.6 Å². The first-order chi connectivity index (χ1) is 8.25. The molecule has 1 N–H and O–H groups in total. The van der Waals surface area contributed by atoms with Crippen molar-refractivity contribution in [3.63, 3.8) is 0 Å². The number of H-pyrrole nitrogens is 1. The summed E-state index contributed by atoms with van der Waals surface area (Å²) in [7, 11) is 0. The molecule has 0 amide bonds. The zero-order valence-corrected chi connectivity index (χ0v) is 9.81. The smallest absolute Gasteiger partial charge is 0.269 e. The number of imidazole rings is 1. The fourth-order valence-corrected chi connectivity index (χ4v) is 2.22. The summed E-state index contributed by atoms with van der Waals surface area (Å²) in [5.41, 5.74) is 0.125. The van der Waals surface area contributed by atoms with Gasteiger partial charge in [0.2, 0.25) is 0 Å². The second kappa shape index (κ2) is 5.49. The van der Waals surface area contributed by atoms with Gasteiger partial charge >= 0.3 is 0 Å². The number of non-ortho nitro benzene ring substituents is 1. The third-order valence-electron chi connectivity index (χ3n) is 2.21. The van der Waals surface area contributed by atoms with Crippen molar-refractivity contribution in [2.75, 3.05) is 5.75 Å². The molecule has 0 fully saturated rings. The first-order valence-electron chi connectivity index (χ1n) is 5.11. The molecule has 0 aliphatic rings. The molecule has 1 aromatic carbocycles. The number of thioether (sulfide) groups is 1. The van der Waals surface area contributed by atoms with Gasteiger partial charge in [0.25, 0.3) is 5.69 Å². The Hall–Kier alpha value is -1.82. The first kappa shape index (κ1) is 11.7. The zero-order valence-electron chi connectivity index (χ0n) is 9.00. The summed E-state index contributed by atoms with van der Waals surface area (Å²) in [6.45, 7) is 0. The number of nitrogens with one attached hydrogen (secondary N) is 1. The Morgan fingerprint density at radius 3 is 2.71 bits per heavy atom. The summed E-state index contributed by atoms with van der Waals surface area (Å²) in [5.74, 6) is 1.85. The Balaban J connectivity index is 1.85. The van der Waals surface area contributed by atoms with E-state index in [1.807, 2.05) is 0 Å². The van der Waals surface area contributed by atoms with Gasteiger partial charge in [-0.15, -0.1) is 11.8 Å². The maximum absolute atomic E-state index is 10.5. The lowest BCUT2D eigenvalue weighted by atomic mass is 10.3. The lowest BCUT2D eigenvalue weighted by Crippen LogP contribution is -1.91. The third kappa shape index (κ3) is 3.32. The largest absolute Gasteiger partial charge is 0.349 e. The number of nitro benzene ring substituents is 1. The van der Waals surface area contributed by atoms with Crippen molar-refractivity contribution in [3.05, 3.63) is 52.6 Å². The van der Waals surface area contributed by atoms with Crippen LogP contribution in [0.5, 0.6) is 0 Å². The number of rotatable bonds is 5. The van der Waals surface area contributed by atoms with E-state index in [1.165, 1.54) is 12.1 Å². The minimum absolute atomic E-state index is 0.125. The molecule has 0 unspecified atom stereocenters. The van der Waals surface area contributed by atoms with E-state index in [4.69, 9.17) is 0 Å². The lowest BCUT2D eigenvalue weighted by molar-refractivity contribution is -0.384. The van der Waals surface area contributed by atoms with E-state index in [0.29, 0.717) is 0 Å². The average molecular weight is 249 g/mol. The molecule has 0 aliphatic carbocycles. The van der Waals surface area contributed by atoms with Crippen LogP contribution in [0.2, 0.25) is 0 Å². The summed E-state index contributed by atoms with van der Waals surface area (Å²) in [6, 6.07) is 6.58. The number of aromatic amines is 1. The van der Waals surface area contributed by atoms with Gasteiger partial charge in [0.1, 0.15) is 5.82 Å². The van der Waals surface area contributed by atoms with Crippen molar-refractivity contribution in [2.45, 2.75) is 11.3 Å². The van der Waals surface area contributed by atoms with Crippen LogP contribution in [0.3, 0.4) is 0 Å². The molecule has 0 spiro atoms. The SMILES string of the molecule is O=[N+]([O-])c1ccc(SCCc2ncc[nH]2)cc1. The maximum atomic E-state index is 10.5. The molecule has 6 heteroatoms. The number of hydrogen-bond donors (Lipinski definition) is 1. The number of benzene rings is 1. The highest BCUT2D eigenvalue weighted by molar-refractivity contribution is 7.99. The molecule has 0 radical (unpaired) electrons. The molecule has 0 atom stereocenters. The van der Waals surface area contributed by atoms with Crippen LogP contribution in [-0.2, 0) is 6.42 Å². The second-order valence-corrected chi connectivity index (χ2v) is 4.55. The van der Waals surface area contributed by atoms with E-state index in [-0.39, 0.29) is 5.69 Å². The van der Waals surface area contributed by atoms with E-state index in [1.54, 1.807) is 36.3 Å². The highest BCUT2D eigenvalue weighted by atomic mass is 32.2. The molecular formula is C11H11N3O2S. The van der Waals surface area contributed by atoms with E-state index in [9.17, 15) is 10.1 Å². The standard InChI is InChI=1S/C11H11N3O2S/c15-14(16)9-1-3-10(4-2-9)17-8-5-11-12-6-7-13-11/h1-4,6-7H,5,8H2,(H,12,13). The Bertz CT molecular complexity index is 482. The van der Waals surface area contributed by atoms with Gasteiger partial charge in [-0.05, 0) is 12.1 Å². The molecule has 0 saturated carbocycles. The van der Waals surface area contributed by atoms with Gasteiger partial charge in [-0.2, -0.15) is 0 Å². The predicted octanol–water partition coefficient (Wildman–Crippen LogP) is 2.65. The van der Waals surface area contributed by atoms with Gasteiger partial charge in [-0.25, -0.2) is 4.98 Å². The van der Waals surface area contributed by atoms with Gasteiger partial charge in [-0.3, -0.25) is 10.1 Å². The van der Waals surface area contributed by atoms with Crippen LogP contribution >= 0.6 is 11.8 Å². The predicted molar refractivity (Wildman–Crippen MR) is 66.1 cm³/mol. The minimum Gasteiger partial charge on any atom is -0.349 e. The van der Waals surface area contributed by atoms with E-state index >= 15 is 0 Å². The molecule has 5 nitrogen and oxygen atoms in total. The normalized spacial score (nSPS) is 10.4. The summed E-state index contributed by atoms with van der Waals surface area (Å²) in [5, 5.41) is 10.5. The third-order valence-corrected chi connectivity index (χ3v) is 3.22. The minimum atomic E-state index is -0.392. The van der Waals surface area contributed by atoms with Crippen LogP contribution in [-0.4, -0.2) is 20.6 Å². The monoisotopic (exact) mass is 249 g/mol. The summed E-state index contributed by atoms with van der Waals surface area (Å²) < 4.78 is 0. The molecule has 1 heterocycles. The molecule has 2 aromatic rings. The maximum Gasteiger partial charge on any atom is 0.269 e. The highest BCUT2D eigenvalue weighted by Gasteiger charge is 2.04.